The molecule has 0 saturated carbocycles. The van der Waals surface area contributed by atoms with Gasteiger partial charge in [0.1, 0.15) is 11.3 Å². The Hall–Kier alpha value is -3.08. The molecule has 3 heterocycles. The number of halogens is 5. The highest BCUT2D eigenvalue weighted by Crippen LogP contribution is 2.26. The van der Waals surface area contributed by atoms with Crippen molar-refractivity contribution < 1.29 is 22.0 Å². The van der Waals surface area contributed by atoms with Crippen LogP contribution in [0.1, 0.15) is 5.56 Å². The van der Waals surface area contributed by atoms with Crippen molar-refractivity contribution in [3.63, 3.8) is 0 Å². The van der Waals surface area contributed by atoms with Gasteiger partial charge < -0.3 is 10.2 Å². The maximum atomic E-state index is 13.9. The van der Waals surface area contributed by atoms with Crippen LogP contribution in [-0.2, 0) is 6.54 Å². The fourth-order valence-corrected chi connectivity index (χ4v) is 3.45. The molecule has 1 aliphatic heterocycles. The average Bonchev–Trinajstić information content (AvgIpc) is 2.76. The first kappa shape index (κ1) is 21.2. The van der Waals surface area contributed by atoms with Crippen LogP contribution in [0.4, 0.5) is 33.6 Å². The van der Waals surface area contributed by atoms with Gasteiger partial charge in [-0.1, -0.05) is 0 Å². The molecule has 1 saturated heterocycles. The van der Waals surface area contributed by atoms with E-state index < -0.39 is 30.4 Å². The summed E-state index contributed by atoms with van der Waals surface area (Å²) in [6, 6.07) is 3.06. The Morgan fingerprint density at radius 2 is 1.68 bits per heavy atom. The lowest BCUT2D eigenvalue weighted by molar-refractivity contribution is 0.163. The first-order valence-electron chi connectivity index (χ1n) is 9.65. The van der Waals surface area contributed by atoms with Gasteiger partial charge in [-0.2, -0.15) is 0 Å². The van der Waals surface area contributed by atoms with Crippen molar-refractivity contribution in [2.45, 2.75) is 13.0 Å². The summed E-state index contributed by atoms with van der Waals surface area (Å²) in [5.74, 6) is -2.43. The first-order chi connectivity index (χ1) is 14.9. The molecule has 4 rings (SSSR count). The van der Waals surface area contributed by atoms with E-state index in [0.29, 0.717) is 49.1 Å². The number of nitrogens with zero attached hydrogens (tertiary/aromatic N) is 5. The van der Waals surface area contributed by atoms with Crippen LogP contribution in [0, 0.1) is 17.5 Å². The second-order valence-electron chi connectivity index (χ2n) is 7.15. The molecule has 164 valence electrons. The van der Waals surface area contributed by atoms with Gasteiger partial charge in [-0.05, 0) is 12.1 Å². The monoisotopic (exact) mass is 438 g/mol. The van der Waals surface area contributed by atoms with E-state index in [1.165, 1.54) is 0 Å². The summed E-state index contributed by atoms with van der Waals surface area (Å²) in [7, 11) is 0. The number of fused-ring (bicyclic) bond motifs is 1. The third-order valence-corrected chi connectivity index (χ3v) is 5.03. The van der Waals surface area contributed by atoms with Gasteiger partial charge in [-0.25, -0.2) is 31.9 Å². The fraction of sp³-hybridized carbons (Fsp3) is 0.350. The van der Waals surface area contributed by atoms with Crippen LogP contribution in [0.3, 0.4) is 0 Å². The Kier molecular flexibility index (Phi) is 6.12. The molecule has 2 aromatic heterocycles. The van der Waals surface area contributed by atoms with E-state index >= 15 is 0 Å². The number of rotatable bonds is 6. The Labute approximate surface area is 174 Å². The largest absolute Gasteiger partial charge is 0.361 e. The average molecular weight is 438 g/mol. The molecule has 0 spiro atoms. The van der Waals surface area contributed by atoms with E-state index in [4.69, 9.17) is 0 Å². The predicted molar refractivity (Wildman–Crippen MR) is 106 cm³/mol. The first-order valence-corrected chi connectivity index (χ1v) is 9.65. The lowest BCUT2D eigenvalue weighted by Gasteiger charge is -2.36. The number of piperazine rings is 1. The number of benzene rings is 1. The molecule has 3 aromatic rings. The fourth-order valence-electron chi connectivity index (χ4n) is 3.45. The highest BCUT2D eigenvalue weighted by atomic mass is 19.3. The summed E-state index contributed by atoms with van der Waals surface area (Å²) >= 11 is 0. The number of hydrogen-bond acceptors (Lipinski definition) is 6. The minimum Gasteiger partial charge on any atom is -0.361 e. The molecule has 1 aliphatic rings. The minimum atomic E-state index is -2.55. The number of nitrogens with one attached hydrogen (secondary N) is 1. The molecule has 11 heteroatoms. The van der Waals surface area contributed by atoms with Gasteiger partial charge in [-0.3, -0.25) is 9.88 Å². The zero-order valence-corrected chi connectivity index (χ0v) is 16.3. The highest BCUT2D eigenvalue weighted by Gasteiger charge is 2.23. The quantitative estimate of drug-likeness (QED) is 0.470. The van der Waals surface area contributed by atoms with Crippen LogP contribution in [0.2, 0.25) is 0 Å². The van der Waals surface area contributed by atoms with Gasteiger partial charge in [-0.15, -0.1) is 0 Å². The second-order valence-corrected chi connectivity index (χ2v) is 7.15. The molecule has 0 unspecified atom stereocenters. The summed E-state index contributed by atoms with van der Waals surface area (Å²) in [5, 5.41) is 2.65. The topological polar surface area (TPSA) is 57.2 Å². The standard InChI is InChI=1S/C20H19F5N6/c21-13-8-15(23)14(22)7-12(13)11-30-3-5-31(6-4-30)20-19(27-10-18(24)25)28-16-1-2-26-9-17(16)29-20/h1-2,7-9,18H,3-6,10-11H2,(H,27,28). The van der Waals surface area contributed by atoms with E-state index in [0.717, 1.165) is 6.07 Å². The zero-order chi connectivity index (χ0) is 22.0. The van der Waals surface area contributed by atoms with Crippen molar-refractivity contribution >= 4 is 22.7 Å². The molecule has 0 bridgehead atoms. The molecular formula is C20H19F5N6. The van der Waals surface area contributed by atoms with Gasteiger partial charge in [0.05, 0.1) is 18.3 Å². The molecule has 0 atom stereocenters. The van der Waals surface area contributed by atoms with Crippen LogP contribution in [0.5, 0.6) is 0 Å². The summed E-state index contributed by atoms with van der Waals surface area (Å²) in [4.78, 5) is 16.8. The van der Waals surface area contributed by atoms with Crippen molar-refractivity contribution in [1.29, 1.82) is 0 Å². The third-order valence-electron chi connectivity index (χ3n) is 5.03. The maximum Gasteiger partial charge on any atom is 0.255 e. The summed E-state index contributed by atoms with van der Waals surface area (Å²) in [6.45, 7) is 1.47. The molecule has 1 fully saturated rings. The SMILES string of the molecule is Fc1cc(F)c(CN2CCN(c3nc4cnccc4nc3NCC(F)F)CC2)cc1F. The van der Waals surface area contributed by atoms with Gasteiger partial charge in [0.25, 0.3) is 6.43 Å². The van der Waals surface area contributed by atoms with E-state index in [9.17, 15) is 22.0 Å². The number of alkyl halides is 2. The van der Waals surface area contributed by atoms with E-state index in [1.807, 2.05) is 9.80 Å². The lowest BCUT2D eigenvalue weighted by Crippen LogP contribution is -2.46. The summed E-state index contributed by atoms with van der Waals surface area (Å²) in [6.07, 6.45) is 0.542. The molecule has 1 N–H and O–H groups in total. The van der Waals surface area contributed by atoms with Crippen LogP contribution >= 0.6 is 0 Å². The van der Waals surface area contributed by atoms with Crippen LogP contribution in [-0.4, -0.2) is 59.0 Å². The maximum absolute atomic E-state index is 13.9. The number of aromatic nitrogens is 3. The van der Waals surface area contributed by atoms with Crippen LogP contribution in [0.15, 0.2) is 30.6 Å². The van der Waals surface area contributed by atoms with Crippen molar-refractivity contribution in [2.24, 2.45) is 0 Å². The summed E-state index contributed by atoms with van der Waals surface area (Å²) < 4.78 is 66.0. The van der Waals surface area contributed by atoms with Gasteiger partial charge >= 0.3 is 0 Å². The van der Waals surface area contributed by atoms with Gasteiger partial charge in [0.2, 0.25) is 0 Å². The normalized spacial score (nSPS) is 15.1. The molecule has 0 aliphatic carbocycles. The van der Waals surface area contributed by atoms with E-state index in [-0.39, 0.29) is 17.9 Å². The molecular weight excluding hydrogens is 419 g/mol. The molecule has 0 radical (unpaired) electrons. The Bertz CT molecular complexity index is 1070. The van der Waals surface area contributed by atoms with E-state index in [2.05, 4.69) is 20.3 Å². The lowest BCUT2D eigenvalue weighted by atomic mass is 10.1. The predicted octanol–water partition coefficient (Wildman–Crippen LogP) is 3.44. The highest BCUT2D eigenvalue weighted by molar-refractivity contribution is 5.79. The second kappa shape index (κ2) is 8.96. The van der Waals surface area contributed by atoms with E-state index in [1.54, 1.807) is 18.5 Å². The molecule has 6 nitrogen and oxygen atoms in total. The van der Waals surface area contributed by atoms with Crippen LogP contribution < -0.4 is 10.2 Å². The molecule has 31 heavy (non-hydrogen) atoms. The number of pyridine rings is 1. The zero-order valence-electron chi connectivity index (χ0n) is 16.3. The Balaban J connectivity index is 1.50. The van der Waals surface area contributed by atoms with Crippen molar-refractivity contribution in [1.82, 2.24) is 19.9 Å². The van der Waals surface area contributed by atoms with Crippen molar-refractivity contribution in [3.05, 3.63) is 53.6 Å². The Morgan fingerprint density at radius 1 is 0.935 bits per heavy atom. The number of hydrogen-bond donors (Lipinski definition) is 1. The number of anilines is 2. The van der Waals surface area contributed by atoms with Crippen molar-refractivity contribution in [3.8, 4) is 0 Å². The van der Waals surface area contributed by atoms with Crippen molar-refractivity contribution in [2.75, 3.05) is 42.9 Å². The molecule has 0 amide bonds. The smallest absolute Gasteiger partial charge is 0.255 e. The Morgan fingerprint density at radius 3 is 2.42 bits per heavy atom. The third kappa shape index (κ3) is 4.82. The van der Waals surface area contributed by atoms with Gasteiger partial charge in [0, 0.05) is 50.6 Å². The summed E-state index contributed by atoms with van der Waals surface area (Å²) in [5.41, 5.74) is 1.14. The minimum absolute atomic E-state index is 0.0724. The molecule has 1 aromatic carbocycles. The van der Waals surface area contributed by atoms with Crippen LogP contribution in [0.25, 0.3) is 11.0 Å². The van der Waals surface area contributed by atoms with Gasteiger partial charge in [0.15, 0.2) is 23.3 Å².